The van der Waals surface area contributed by atoms with Gasteiger partial charge in [-0.3, -0.25) is 0 Å². The van der Waals surface area contributed by atoms with Crippen LogP contribution in [-0.4, -0.2) is 30.5 Å². The molecule has 1 aliphatic rings. The second-order valence-electron chi connectivity index (χ2n) is 14.0. The number of rotatable bonds is 7. The van der Waals surface area contributed by atoms with Gasteiger partial charge in [-0.15, -0.1) is 0 Å². The first kappa shape index (κ1) is 35.9. The van der Waals surface area contributed by atoms with Crippen molar-refractivity contribution in [1.29, 1.82) is 0 Å². The van der Waals surface area contributed by atoms with Crippen LogP contribution in [0.25, 0.3) is 60.6 Å². The van der Waals surface area contributed by atoms with E-state index in [0.29, 0.717) is 0 Å². The van der Waals surface area contributed by atoms with Crippen molar-refractivity contribution < 1.29 is 21.1 Å². The van der Waals surface area contributed by atoms with Crippen LogP contribution in [-0.2, 0) is 21.1 Å². The van der Waals surface area contributed by atoms with Gasteiger partial charge in [-0.2, -0.15) is 0 Å². The third-order valence-corrected chi connectivity index (χ3v) is 12.5. The van der Waals surface area contributed by atoms with Crippen molar-refractivity contribution >= 4 is 85.2 Å². The van der Waals surface area contributed by atoms with Crippen molar-refractivity contribution in [3.63, 3.8) is 0 Å². The van der Waals surface area contributed by atoms with Gasteiger partial charge in [-0.25, -0.2) is 0 Å². The number of pyridine rings is 1. The topological polar surface area (TPSA) is 23.8 Å². The number of hydrogen-bond acceptors (Lipinski definition) is 1. The molecule has 58 heavy (non-hydrogen) atoms. The molecule has 274 valence electrons. The normalized spacial score (nSPS) is 12.0. The van der Waals surface area contributed by atoms with Crippen molar-refractivity contribution in [2.75, 3.05) is 0 Å². The number of fused-ring (bicyclic) bond motifs is 6. The SMILES string of the molecule is C1=[N+](c2[c-]c([Se]c3[c-]c4c(cc3)c3ccccc3n4-c3ccccn3)ccc2)c2ccc3ccccc3c2[N+]=1c1c(-c2ccccc2)cccc1-c1ccccc1.[Pt+2]. The van der Waals surface area contributed by atoms with Crippen LogP contribution in [0.1, 0.15) is 0 Å². The third-order valence-electron chi connectivity index (χ3n) is 10.6. The van der Waals surface area contributed by atoms with E-state index in [-0.39, 0.29) is 36.0 Å². The summed E-state index contributed by atoms with van der Waals surface area (Å²) in [7, 11) is 0. The third kappa shape index (κ3) is 6.18. The summed E-state index contributed by atoms with van der Waals surface area (Å²) in [6, 6.07) is 78.1. The van der Waals surface area contributed by atoms with E-state index in [4.69, 9.17) is 4.98 Å². The van der Waals surface area contributed by atoms with E-state index >= 15 is 0 Å². The summed E-state index contributed by atoms with van der Waals surface area (Å²) in [5.74, 6) is 0.887. The maximum atomic E-state index is 4.73. The molecule has 0 spiro atoms. The number of nitrogens with zero attached hydrogens (tertiary/aromatic N) is 4. The van der Waals surface area contributed by atoms with E-state index in [1.165, 1.54) is 21.5 Å². The molecule has 0 atom stereocenters. The molecule has 0 fully saturated rings. The molecule has 0 aliphatic carbocycles. The molecule has 0 N–H and O–H groups in total. The van der Waals surface area contributed by atoms with Crippen molar-refractivity contribution in [2.24, 2.45) is 0 Å². The number of aromatic nitrogens is 2. The van der Waals surface area contributed by atoms with Gasteiger partial charge in [0.15, 0.2) is 0 Å². The minimum absolute atomic E-state index is 0. The van der Waals surface area contributed by atoms with Gasteiger partial charge in [-0.05, 0) is 0 Å². The molecule has 0 unspecified atom stereocenters. The minimum Gasteiger partial charge on any atom is 2.00 e. The van der Waals surface area contributed by atoms with Crippen LogP contribution in [0.5, 0.6) is 0 Å². The Morgan fingerprint density at radius 3 is 1.93 bits per heavy atom. The van der Waals surface area contributed by atoms with Crippen LogP contribution in [0.4, 0.5) is 22.7 Å². The Bertz CT molecular complexity index is 3180. The number of para-hydroxylation sites is 2. The van der Waals surface area contributed by atoms with E-state index in [1.807, 2.05) is 18.3 Å². The van der Waals surface area contributed by atoms with Crippen LogP contribution < -0.4 is 18.1 Å². The predicted molar refractivity (Wildman–Crippen MR) is 237 cm³/mol. The fourth-order valence-corrected chi connectivity index (χ4v) is 9.82. The average Bonchev–Trinajstić information content (AvgIpc) is 3.83. The zero-order chi connectivity index (χ0) is 37.7. The van der Waals surface area contributed by atoms with Crippen LogP contribution in [0.3, 0.4) is 0 Å². The van der Waals surface area contributed by atoms with Gasteiger partial charge in [-0.1, -0.05) is 0 Å². The van der Waals surface area contributed by atoms with Gasteiger partial charge in [0.25, 0.3) is 0 Å². The molecule has 4 nitrogen and oxygen atoms in total. The molecule has 3 heterocycles. The van der Waals surface area contributed by atoms with Gasteiger partial charge in [0, 0.05) is 0 Å². The first-order valence-corrected chi connectivity index (χ1v) is 20.7. The predicted octanol–water partition coefficient (Wildman–Crippen LogP) is 10.8. The fraction of sp³-hybridized carbons (Fsp3) is 0. The summed E-state index contributed by atoms with van der Waals surface area (Å²) in [5, 5.41) is 4.71. The zero-order valence-electron chi connectivity index (χ0n) is 31.0. The van der Waals surface area contributed by atoms with E-state index < -0.39 is 0 Å². The van der Waals surface area contributed by atoms with E-state index in [9.17, 15) is 0 Å². The summed E-state index contributed by atoms with van der Waals surface area (Å²) < 4.78 is 8.98. The van der Waals surface area contributed by atoms with E-state index in [0.717, 1.165) is 70.8 Å². The van der Waals surface area contributed by atoms with E-state index in [1.54, 1.807) is 0 Å². The zero-order valence-corrected chi connectivity index (χ0v) is 35.0. The van der Waals surface area contributed by atoms with Crippen LogP contribution in [0, 0.1) is 12.1 Å². The molecule has 0 radical (unpaired) electrons. The van der Waals surface area contributed by atoms with Gasteiger partial charge < -0.3 is 0 Å². The average molecular weight is 987 g/mol. The Labute approximate surface area is 357 Å². The van der Waals surface area contributed by atoms with Crippen LogP contribution in [0.15, 0.2) is 194 Å². The maximum absolute atomic E-state index is 4.73. The van der Waals surface area contributed by atoms with Crippen LogP contribution >= 0.6 is 0 Å². The fourth-order valence-electron chi connectivity index (χ4n) is 8.10. The minimum atomic E-state index is -0.0678. The first-order chi connectivity index (χ1) is 28.3. The first-order valence-electron chi connectivity index (χ1n) is 19.0. The summed E-state index contributed by atoms with van der Waals surface area (Å²) in [6.45, 7) is 0. The molecule has 6 heteroatoms. The quantitative estimate of drug-likeness (QED) is 0.0887. The molecular weight excluding hydrogens is 955 g/mol. The second-order valence-corrected chi connectivity index (χ2v) is 16.3. The van der Waals surface area contributed by atoms with Crippen LogP contribution in [0.2, 0.25) is 0 Å². The summed E-state index contributed by atoms with van der Waals surface area (Å²) in [6.07, 6.45) is 1.85. The Kier molecular flexibility index (Phi) is 9.38. The summed E-state index contributed by atoms with van der Waals surface area (Å²) >= 11 is -0.0678. The monoisotopic (exact) mass is 987 g/mol. The van der Waals surface area contributed by atoms with Crippen molar-refractivity contribution in [3.05, 3.63) is 206 Å². The largest absolute Gasteiger partial charge is 2.00 e. The number of benzene rings is 8. The summed E-state index contributed by atoms with van der Waals surface area (Å²) in [5.41, 5.74) is 10.9. The van der Waals surface area contributed by atoms with Crippen molar-refractivity contribution in [1.82, 2.24) is 18.7 Å². The summed E-state index contributed by atoms with van der Waals surface area (Å²) in [4.78, 5) is 4.73. The van der Waals surface area contributed by atoms with Crippen molar-refractivity contribution in [3.8, 4) is 28.1 Å². The molecule has 11 rings (SSSR count). The Balaban J connectivity index is 0.00000408. The Hall–Kier alpha value is -6.44. The molecule has 8 aromatic carbocycles. The number of hydrogen-bond donors (Lipinski definition) is 0. The molecule has 0 saturated carbocycles. The standard InChI is InChI=1S/C52H32N4Se.Pt/c1-3-15-36(16-4-1)42-24-14-25-43(37-17-5-2-6-18-37)51(42)55-35-54(48-31-28-38-19-7-8-22-44(38)52(48)55)39-20-13-21-40(33-39)57-41-29-30-46-45-23-9-10-26-47(45)56(49(46)34-41)50-27-11-12-32-53-50;/h1-32H;/q;+2. The molecule has 10 aromatic rings. The smallest absolute Gasteiger partial charge is 2.00 e. The van der Waals surface area contributed by atoms with Gasteiger partial charge in [0.1, 0.15) is 0 Å². The molecule has 0 saturated heterocycles. The Morgan fingerprint density at radius 1 is 0.500 bits per heavy atom. The molecular formula is C52H32N4PtSe+2. The molecule has 2 aromatic heterocycles. The van der Waals surface area contributed by atoms with Crippen molar-refractivity contribution in [2.45, 2.75) is 0 Å². The Morgan fingerprint density at radius 2 is 1.17 bits per heavy atom. The second kappa shape index (κ2) is 15.1. The van der Waals surface area contributed by atoms with Gasteiger partial charge >= 0.3 is 359 Å². The van der Waals surface area contributed by atoms with E-state index in [2.05, 4.69) is 208 Å². The van der Waals surface area contributed by atoms with Gasteiger partial charge in [0.2, 0.25) is 0 Å². The molecule has 1 aliphatic heterocycles. The molecule has 0 amide bonds. The maximum Gasteiger partial charge on any atom is 2.00 e. The van der Waals surface area contributed by atoms with Gasteiger partial charge in [0.05, 0.1) is 0 Å². The molecule has 0 bridgehead atoms.